The third-order valence-corrected chi connectivity index (χ3v) is 5.63. The summed E-state index contributed by atoms with van der Waals surface area (Å²) >= 11 is 1.69. The lowest BCUT2D eigenvalue weighted by Gasteiger charge is -2.33. The second-order valence-electron chi connectivity index (χ2n) is 6.71. The third kappa shape index (κ3) is 4.23. The lowest BCUT2D eigenvalue weighted by Crippen LogP contribution is -2.47. The highest BCUT2D eigenvalue weighted by atomic mass is 32.1. The summed E-state index contributed by atoms with van der Waals surface area (Å²) in [6.45, 7) is 6.16. The SMILES string of the molecule is Cc1nc(CN2CCN(C(=O)C=Cc3cccc4cccnc34)CC2)cs1. The molecule has 0 spiro atoms. The molecular weight excluding hydrogens is 356 g/mol. The number of amides is 1. The quantitative estimate of drug-likeness (QED) is 0.653. The van der Waals surface area contributed by atoms with E-state index in [-0.39, 0.29) is 5.91 Å². The summed E-state index contributed by atoms with van der Waals surface area (Å²) < 4.78 is 0. The van der Waals surface area contributed by atoms with E-state index < -0.39 is 0 Å². The lowest BCUT2D eigenvalue weighted by molar-refractivity contribution is -0.127. The molecule has 0 aliphatic carbocycles. The van der Waals surface area contributed by atoms with E-state index in [1.807, 2.05) is 48.2 Å². The summed E-state index contributed by atoms with van der Waals surface area (Å²) in [4.78, 5) is 25.8. The van der Waals surface area contributed by atoms with Crippen molar-refractivity contribution in [2.75, 3.05) is 26.2 Å². The van der Waals surface area contributed by atoms with Crippen LogP contribution in [0, 0.1) is 6.92 Å². The molecular formula is C21H22N4OS. The maximum absolute atomic E-state index is 12.6. The predicted molar refractivity (Wildman–Crippen MR) is 109 cm³/mol. The number of carbonyl (C=O) groups excluding carboxylic acids is 1. The van der Waals surface area contributed by atoms with Crippen LogP contribution >= 0.6 is 11.3 Å². The summed E-state index contributed by atoms with van der Waals surface area (Å²) in [5.41, 5.74) is 3.02. The Morgan fingerprint density at radius 3 is 2.78 bits per heavy atom. The van der Waals surface area contributed by atoms with Crippen LogP contribution in [0.25, 0.3) is 17.0 Å². The van der Waals surface area contributed by atoms with Crippen molar-refractivity contribution in [3.05, 3.63) is 64.2 Å². The number of rotatable bonds is 4. The summed E-state index contributed by atoms with van der Waals surface area (Å²) in [7, 11) is 0. The number of hydrogen-bond donors (Lipinski definition) is 0. The second-order valence-corrected chi connectivity index (χ2v) is 7.78. The van der Waals surface area contributed by atoms with Crippen molar-refractivity contribution in [1.82, 2.24) is 19.8 Å². The van der Waals surface area contributed by atoms with Crippen LogP contribution in [-0.4, -0.2) is 51.9 Å². The predicted octanol–water partition coefficient (Wildman–Crippen LogP) is 3.36. The van der Waals surface area contributed by atoms with Crippen molar-refractivity contribution in [3.8, 4) is 0 Å². The third-order valence-electron chi connectivity index (χ3n) is 4.81. The molecule has 0 radical (unpaired) electrons. The Labute approximate surface area is 163 Å². The van der Waals surface area contributed by atoms with Gasteiger partial charge in [0.1, 0.15) is 0 Å². The molecule has 5 nitrogen and oxygen atoms in total. The van der Waals surface area contributed by atoms with Crippen molar-refractivity contribution >= 4 is 34.2 Å². The van der Waals surface area contributed by atoms with Crippen LogP contribution in [0.5, 0.6) is 0 Å². The molecule has 1 amide bonds. The monoisotopic (exact) mass is 378 g/mol. The molecule has 1 saturated heterocycles. The molecule has 138 valence electrons. The fourth-order valence-electron chi connectivity index (χ4n) is 3.37. The zero-order valence-electron chi connectivity index (χ0n) is 15.3. The van der Waals surface area contributed by atoms with Gasteiger partial charge in [0.15, 0.2) is 0 Å². The van der Waals surface area contributed by atoms with Crippen molar-refractivity contribution in [3.63, 3.8) is 0 Å². The number of piperazine rings is 1. The van der Waals surface area contributed by atoms with Gasteiger partial charge in [0.25, 0.3) is 0 Å². The lowest BCUT2D eigenvalue weighted by atomic mass is 10.1. The minimum Gasteiger partial charge on any atom is -0.337 e. The fraction of sp³-hybridized carbons (Fsp3) is 0.286. The Hall–Kier alpha value is -2.57. The van der Waals surface area contributed by atoms with Crippen LogP contribution in [0.15, 0.2) is 48.0 Å². The van der Waals surface area contributed by atoms with Crippen LogP contribution in [0.3, 0.4) is 0 Å². The van der Waals surface area contributed by atoms with Crippen molar-refractivity contribution in [2.24, 2.45) is 0 Å². The number of pyridine rings is 1. The Morgan fingerprint density at radius 2 is 2.00 bits per heavy atom. The number of thiazole rings is 1. The molecule has 0 saturated carbocycles. The van der Waals surface area contributed by atoms with E-state index >= 15 is 0 Å². The Bertz CT molecular complexity index is 968. The number of para-hydroxylation sites is 1. The molecule has 6 heteroatoms. The average molecular weight is 379 g/mol. The summed E-state index contributed by atoms with van der Waals surface area (Å²) in [5.74, 6) is 0.0621. The zero-order chi connectivity index (χ0) is 18.6. The Kier molecular flexibility index (Phi) is 5.27. The van der Waals surface area contributed by atoms with Gasteiger partial charge in [-0.1, -0.05) is 24.3 Å². The summed E-state index contributed by atoms with van der Waals surface area (Å²) in [6, 6.07) is 9.97. The van der Waals surface area contributed by atoms with Gasteiger partial charge >= 0.3 is 0 Å². The highest BCUT2D eigenvalue weighted by Gasteiger charge is 2.20. The number of nitrogens with zero attached hydrogens (tertiary/aromatic N) is 4. The second kappa shape index (κ2) is 7.98. The number of fused-ring (bicyclic) bond motifs is 1. The molecule has 3 heterocycles. The molecule has 27 heavy (non-hydrogen) atoms. The first-order chi connectivity index (χ1) is 13.2. The van der Waals surface area contributed by atoms with Crippen molar-refractivity contribution in [2.45, 2.75) is 13.5 Å². The molecule has 1 aliphatic rings. The van der Waals surface area contributed by atoms with Gasteiger partial charge in [-0.15, -0.1) is 11.3 Å². The molecule has 3 aromatic rings. The van der Waals surface area contributed by atoms with Gasteiger partial charge < -0.3 is 4.90 Å². The average Bonchev–Trinajstić information content (AvgIpc) is 3.11. The maximum atomic E-state index is 12.6. The molecule has 1 aliphatic heterocycles. The Morgan fingerprint density at radius 1 is 1.19 bits per heavy atom. The van der Waals surface area contributed by atoms with Gasteiger partial charge in [-0.2, -0.15) is 0 Å². The van der Waals surface area contributed by atoms with Crippen molar-refractivity contribution in [1.29, 1.82) is 0 Å². The highest BCUT2D eigenvalue weighted by Crippen LogP contribution is 2.17. The first-order valence-electron chi connectivity index (χ1n) is 9.13. The number of carbonyl (C=O) groups is 1. The maximum Gasteiger partial charge on any atom is 0.246 e. The molecule has 1 fully saturated rings. The van der Waals surface area contributed by atoms with Crippen LogP contribution in [0.2, 0.25) is 0 Å². The van der Waals surface area contributed by atoms with E-state index in [1.165, 1.54) is 0 Å². The molecule has 1 aromatic carbocycles. The number of benzene rings is 1. The minimum atomic E-state index is 0.0621. The van der Waals surface area contributed by atoms with Gasteiger partial charge in [-0.05, 0) is 19.1 Å². The molecule has 4 rings (SSSR count). The molecule has 2 aromatic heterocycles. The fourth-order valence-corrected chi connectivity index (χ4v) is 3.97. The molecule has 0 N–H and O–H groups in total. The molecule has 0 unspecified atom stereocenters. The van der Waals surface area contributed by atoms with E-state index in [4.69, 9.17) is 0 Å². The van der Waals surface area contributed by atoms with Crippen LogP contribution in [0.1, 0.15) is 16.3 Å². The standard InChI is InChI=1S/C21H22N4OS/c1-16-23-19(15-27-16)14-24-10-12-25(13-11-24)20(26)8-7-18-5-2-4-17-6-3-9-22-21(17)18/h2-9,15H,10-14H2,1H3. The van der Waals surface area contributed by atoms with E-state index in [1.54, 1.807) is 23.6 Å². The van der Waals surface area contributed by atoms with Crippen LogP contribution < -0.4 is 0 Å². The molecule has 0 bridgehead atoms. The normalized spacial score (nSPS) is 15.7. The molecule has 0 atom stereocenters. The Balaban J connectivity index is 1.36. The largest absolute Gasteiger partial charge is 0.337 e. The zero-order valence-corrected chi connectivity index (χ0v) is 16.2. The van der Waals surface area contributed by atoms with Crippen LogP contribution in [0.4, 0.5) is 0 Å². The van der Waals surface area contributed by atoms with Crippen LogP contribution in [-0.2, 0) is 11.3 Å². The van der Waals surface area contributed by atoms with Gasteiger partial charge in [-0.3, -0.25) is 14.7 Å². The van der Waals surface area contributed by atoms with Gasteiger partial charge in [-0.25, -0.2) is 4.98 Å². The van der Waals surface area contributed by atoms with E-state index in [9.17, 15) is 4.79 Å². The summed E-state index contributed by atoms with van der Waals surface area (Å²) in [5, 5.41) is 4.30. The highest BCUT2D eigenvalue weighted by molar-refractivity contribution is 7.09. The smallest absolute Gasteiger partial charge is 0.246 e. The van der Waals surface area contributed by atoms with Gasteiger partial charge in [0.05, 0.1) is 16.2 Å². The minimum absolute atomic E-state index is 0.0621. The number of hydrogen-bond acceptors (Lipinski definition) is 5. The van der Waals surface area contributed by atoms with E-state index in [0.29, 0.717) is 0 Å². The van der Waals surface area contributed by atoms with E-state index in [0.717, 1.165) is 59.9 Å². The summed E-state index contributed by atoms with van der Waals surface area (Å²) in [6.07, 6.45) is 5.33. The topological polar surface area (TPSA) is 49.3 Å². The number of aryl methyl sites for hydroxylation is 1. The first-order valence-corrected chi connectivity index (χ1v) is 10.0. The van der Waals surface area contributed by atoms with Crippen molar-refractivity contribution < 1.29 is 4.79 Å². The van der Waals surface area contributed by atoms with E-state index in [2.05, 4.69) is 20.2 Å². The van der Waals surface area contributed by atoms with Gasteiger partial charge in [0.2, 0.25) is 5.91 Å². The number of aromatic nitrogens is 2. The first kappa shape index (κ1) is 17.8. The van der Waals surface area contributed by atoms with Gasteiger partial charge in [0, 0.05) is 61.3 Å².